The Labute approximate surface area is 133 Å². The molecule has 0 saturated heterocycles. The molecule has 1 heterocycles. The van der Waals surface area contributed by atoms with E-state index < -0.39 is 10.0 Å². The molecule has 2 aromatic rings. The van der Waals surface area contributed by atoms with Crippen molar-refractivity contribution in [2.24, 2.45) is 0 Å². The number of rotatable bonds is 5. The Bertz CT molecular complexity index is 737. The summed E-state index contributed by atoms with van der Waals surface area (Å²) in [4.78, 5) is 0.0590. The third-order valence-corrected chi connectivity index (χ3v) is 4.85. The third kappa shape index (κ3) is 3.52. The Balaban J connectivity index is 2.39. The fourth-order valence-electron chi connectivity index (χ4n) is 1.84. The summed E-state index contributed by atoms with van der Waals surface area (Å²) < 4.78 is 32.7. The molecule has 0 unspecified atom stereocenters. The molecule has 114 valence electrons. The first kappa shape index (κ1) is 16.2. The molecule has 0 aliphatic carbocycles. The number of benzene rings is 1. The number of hydrogen-bond acceptors (Lipinski definition) is 4. The second kappa shape index (κ2) is 6.27. The quantitative estimate of drug-likeness (QED) is 0.868. The second-order valence-electron chi connectivity index (χ2n) is 4.37. The number of furan rings is 1. The van der Waals surface area contributed by atoms with Gasteiger partial charge < -0.3 is 9.73 Å². The lowest BCUT2D eigenvalue weighted by Gasteiger charge is -2.10. The number of sulfonamides is 1. The van der Waals surface area contributed by atoms with Gasteiger partial charge in [-0.1, -0.05) is 29.3 Å². The summed E-state index contributed by atoms with van der Waals surface area (Å²) in [6, 6.07) is 6.22. The van der Waals surface area contributed by atoms with Crippen LogP contribution >= 0.6 is 23.2 Å². The van der Waals surface area contributed by atoms with Crippen molar-refractivity contribution >= 4 is 38.9 Å². The van der Waals surface area contributed by atoms with Crippen molar-refractivity contribution in [2.45, 2.75) is 18.4 Å². The minimum Gasteiger partial charge on any atom is -0.464 e. The SMILES string of the molecule is CNCc1cc(S(=O)(=O)Nc2c(Cl)cccc2Cl)c(C)o1. The van der Waals surface area contributed by atoms with Crippen molar-refractivity contribution in [3.05, 3.63) is 45.8 Å². The molecule has 0 amide bonds. The Morgan fingerprint density at radius 2 is 1.86 bits per heavy atom. The van der Waals surface area contributed by atoms with E-state index in [0.717, 1.165) is 0 Å². The highest BCUT2D eigenvalue weighted by Gasteiger charge is 2.23. The molecule has 0 saturated carbocycles. The summed E-state index contributed by atoms with van der Waals surface area (Å²) in [5.41, 5.74) is 0.150. The molecule has 21 heavy (non-hydrogen) atoms. The van der Waals surface area contributed by atoms with Crippen LogP contribution in [0, 0.1) is 6.92 Å². The average molecular weight is 349 g/mol. The maximum absolute atomic E-state index is 12.4. The molecule has 0 spiro atoms. The van der Waals surface area contributed by atoms with Crippen molar-refractivity contribution in [2.75, 3.05) is 11.8 Å². The molecule has 0 atom stereocenters. The number of anilines is 1. The number of para-hydroxylation sites is 1. The highest BCUT2D eigenvalue weighted by molar-refractivity contribution is 7.92. The van der Waals surface area contributed by atoms with E-state index >= 15 is 0 Å². The molecule has 0 fully saturated rings. The van der Waals surface area contributed by atoms with Gasteiger partial charge in [-0.05, 0) is 26.1 Å². The maximum atomic E-state index is 12.4. The van der Waals surface area contributed by atoms with E-state index in [1.165, 1.54) is 6.07 Å². The summed E-state index contributed by atoms with van der Waals surface area (Å²) in [6.07, 6.45) is 0. The summed E-state index contributed by atoms with van der Waals surface area (Å²) in [6.45, 7) is 2.02. The number of aryl methyl sites for hydroxylation is 1. The molecule has 5 nitrogen and oxygen atoms in total. The molecule has 1 aromatic heterocycles. The van der Waals surface area contributed by atoms with E-state index in [1.54, 1.807) is 32.2 Å². The van der Waals surface area contributed by atoms with Crippen molar-refractivity contribution in [1.29, 1.82) is 0 Å². The van der Waals surface area contributed by atoms with Crippen LogP contribution in [0.4, 0.5) is 5.69 Å². The highest BCUT2D eigenvalue weighted by atomic mass is 35.5. The van der Waals surface area contributed by atoms with E-state index in [0.29, 0.717) is 18.1 Å². The minimum atomic E-state index is -3.83. The smallest absolute Gasteiger partial charge is 0.265 e. The van der Waals surface area contributed by atoms with Crippen LogP contribution in [0.15, 0.2) is 33.6 Å². The Kier molecular flexibility index (Phi) is 4.83. The number of halogens is 2. The first-order valence-electron chi connectivity index (χ1n) is 6.06. The van der Waals surface area contributed by atoms with E-state index in [4.69, 9.17) is 27.6 Å². The zero-order chi connectivity index (χ0) is 15.6. The number of hydrogen-bond donors (Lipinski definition) is 2. The van der Waals surface area contributed by atoms with Crippen LogP contribution in [-0.2, 0) is 16.6 Å². The molecule has 0 aliphatic rings. The summed E-state index contributed by atoms with van der Waals surface area (Å²) in [5.74, 6) is 0.830. The average Bonchev–Trinajstić information content (AvgIpc) is 2.76. The minimum absolute atomic E-state index is 0.0590. The molecule has 0 bridgehead atoms. The fourth-order valence-corrected chi connectivity index (χ4v) is 3.75. The van der Waals surface area contributed by atoms with E-state index in [9.17, 15) is 8.42 Å². The lowest BCUT2D eigenvalue weighted by molar-refractivity contribution is 0.466. The van der Waals surface area contributed by atoms with E-state index in [-0.39, 0.29) is 20.6 Å². The van der Waals surface area contributed by atoms with Gasteiger partial charge in [0.1, 0.15) is 16.4 Å². The van der Waals surface area contributed by atoms with Crippen molar-refractivity contribution in [3.8, 4) is 0 Å². The van der Waals surface area contributed by atoms with Crippen LogP contribution in [0.1, 0.15) is 11.5 Å². The zero-order valence-corrected chi connectivity index (χ0v) is 13.7. The normalized spacial score (nSPS) is 11.6. The topological polar surface area (TPSA) is 71.3 Å². The van der Waals surface area contributed by atoms with Crippen LogP contribution < -0.4 is 10.0 Å². The van der Waals surface area contributed by atoms with Gasteiger partial charge >= 0.3 is 0 Å². The number of nitrogens with one attached hydrogen (secondary N) is 2. The first-order chi connectivity index (χ1) is 9.85. The molecular formula is C13H14Cl2N2O3S. The van der Waals surface area contributed by atoms with Gasteiger partial charge in [-0.3, -0.25) is 4.72 Å². The lowest BCUT2D eigenvalue weighted by atomic mass is 10.3. The van der Waals surface area contributed by atoms with Gasteiger partial charge in [0.15, 0.2) is 0 Å². The van der Waals surface area contributed by atoms with Gasteiger partial charge in [0, 0.05) is 6.07 Å². The van der Waals surface area contributed by atoms with Gasteiger partial charge in [-0.15, -0.1) is 0 Å². The molecule has 2 N–H and O–H groups in total. The zero-order valence-electron chi connectivity index (χ0n) is 11.4. The van der Waals surface area contributed by atoms with Gasteiger partial charge in [0.2, 0.25) is 0 Å². The molecule has 8 heteroatoms. The molecule has 0 radical (unpaired) electrons. The molecule has 2 rings (SSSR count). The van der Waals surface area contributed by atoms with Crippen LogP contribution in [0.5, 0.6) is 0 Å². The second-order valence-corrected chi connectivity index (χ2v) is 6.83. The van der Waals surface area contributed by atoms with Crippen molar-refractivity contribution < 1.29 is 12.8 Å². The van der Waals surface area contributed by atoms with Crippen molar-refractivity contribution in [3.63, 3.8) is 0 Å². The summed E-state index contributed by atoms with van der Waals surface area (Å²) in [5, 5.41) is 3.34. The van der Waals surface area contributed by atoms with Crippen molar-refractivity contribution in [1.82, 2.24) is 5.32 Å². The van der Waals surface area contributed by atoms with Crippen LogP contribution in [-0.4, -0.2) is 15.5 Å². The van der Waals surface area contributed by atoms with Gasteiger partial charge in [0.25, 0.3) is 10.0 Å². The van der Waals surface area contributed by atoms with Gasteiger partial charge in [-0.2, -0.15) is 0 Å². The summed E-state index contributed by atoms with van der Waals surface area (Å²) >= 11 is 11.9. The summed E-state index contributed by atoms with van der Waals surface area (Å²) in [7, 11) is -2.08. The van der Waals surface area contributed by atoms with Crippen LogP contribution in [0.3, 0.4) is 0 Å². The fraction of sp³-hybridized carbons (Fsp3) is 0.231. The third-order valence-electron chi connectivity index (χ3n) is 2.76. The Morgan fingerprint density at radius 3 is 2.43 bits per heavy atom. The molecule has 1 aromatic carbocycles. The Hall–Kier alpha value is -1.21. The highest BCUT2D eigenvalue weighted by Crippen LogP contribution is 2.32. The predicted molar refractivity (Wildman–Crippen MR) is 83.5 cm³/mol. The van der Waals surface area contributed by atoms with Gasteiger partial charge in [-0.25, -0.2) is 8.42 Å². The lowest BCUT2D eigenvalue weighted by Crippen LogP contribution is -2.14. The predicted octanol–water partition coefficient (Wildman–Crippen LogP) is 3.42. The first-order valence-corrected chi connectivity index (χ1v) is 8.30. The molecular weight excluding hydrogens is 335 g/mol. The van der Waals surface area contributed by atoms with E-state index in [2.05, 4.69) is 10.0 Å². The maximum Gasteiger partial charge on any atom is 0.265 e. The van der Waals surface area contributed by atoms with Crippen LogP contribution in [0.2, 0.25) is 10.0 Å². The molecule has 0 aliphatic heterocycles. The van der Waals surface area contributed by atoms with E-state index in [1.807, 2.05) is 0 Å². The standard InChI is InChI=1S/C13H14Cl2N2O3S/c1-8-12(6-9(20-8)7-16-2)21(18,19)17-13-10(14)4-3-5-11(13)15/h3-6,16-17H,7H2,1-2H3. The van der Waals surface area contributed by atoms with Crippen LogP contribution in [0.25, 0.3) is 0 Å². The Morgan fingerprint density at radius 1 is 1.24 bits per heavy atom. The largest absolute Gasteiger partial charge is 0.464 e. The van der Waals surface area contributed by atoms with Gasteiger partial charge in [0.05, 0.1) is 22.3 Å². The monoisotopic (exact) mass is 348 g/mol.